The van der Waals surface area contributed by atoms with Crippen LogP contribution < -0.4 is 4.90 Å². The number of benzene rings is 3. The Labute approximate surface area is 190 Å². The molecule has 33 heavy (non-hydrogen) atoms. The van der Waals surface area contributed by atoms with Crippen molar-refractivity contribution in [1.29, 1.82) is 0 Å². The average Bonchev–Trinajstić information content (AvgIpc) is 3.30. The molecular weight excluding hydrogens is 418 g/mol. The van der Waals surface area contributed by atoms with E-state index in [0.29, 0.717) is 5.69 Å². The Hall–Kier alpha value is -4.52. The Morgan fingerprint density at radius 2 is 1.27 bits per heavy atom. The third-order valence-corrected chi connectivity index (χ3v) is 4.90. The second-order valence-corrected chi connectivity index (χ2v) is 7.02. The molecule has 0 unspecified atom stereocenters. The van der Waals surface area contributed by atoms with E-state index in [1.807, 2.05) is 18.2 Å². The maximum Gasteiger partial charge on any atom is 0.360 e. The van der Waals surface area contributed by atoms with Crippen LogP contribution in [0.5, 0.6) is 0 Å². The van der Waals surface area contributed by atoms with Crippen molar-refractivity contribution in [3.63, 3.8) is 0 Å². The van der Waals surface area contributed by atoms with E-state index in [2.05, 4.69) is 4.98 Å². The van der Waals surface area contributed by atoms with E-state index < -0.39 is 17.8 Å². The van der Waals surface area contributed by atoms with Gasteiger partial charge in [-0.15, -0.1) is 0 Å². The lowest BCUT2D eigenvalue weighted by Crippen LogP contribution is -2.39. The third-order valence-electron chi connectivity index (χ3n) is 4.90. The van der Waals surface area contributed by atoms with Crippen molar-refractivity contribution in [3.05, 3.63) is 114 Å². The highest BCUT2D eigenvalue weighted by molar-refractivity contribution is 6.26. The summed E-state index contributed by atoms with van der Waals surface area (Å²) in [5.74, 6) is -1.89. The zero-order valence-corrected chi connectivity index (χ0v) is 17.9. The molecule has 0 spiro atoms. The summed E-state index contributed by atoms with van der Waals surface area (Å²) in [7, 11) is 0. The first-order chi connectivity index (χ1) is 16.1. The van der Waals surface area contributed by atoms with Gasteiger partial charge in [0.1, 0.15) is 6.33 Å². The third kappa shape index (κ3) is 4.43. The van der Waals surface area contributed by atoms with Gasteiger partial charge >= 0.3 is 5.97 Å². The highest BCUT2D eigenvalue weighted by Crippen LogP contribution is 2.28. The molecule has 0 fully saturated rings. The van der Waals surface area contributed by atoms with Crippen molar-refractivity contribution in [3.8, 4) is 5.69 Å². The van der Waals surface area contributed by atoms with Gasteiger partial charge in [-0.3, -0.25) is 14.2 Å². The summed E-state index contributed by atoms with van der Waals surface area (Å²) in [6, 6.07) is 25.9. The zero-order valence-electron chi connectivity index (χ0n) is 17.9. The van der Waals surface area contributed by atoms with Crippen molar-refractivity contribution >= 4 is 23.6 Å². The molecular formula is C26H21N3O4. The fourth-order valence-electron chi connectivity index (χ4n) is 3.38. The van der Waals surface area contributed by atoms with Crippen LogP contribution in [0.15, 0.2) is 97.3 Å². The Morgan fingerprint density at radius 3 is 1.76 bits per heavy atom. The van der Waals surface area contributed by atoms with Gasteiger partial charge in [-0.05, 0) is 43.3 Å². The lowest BCUT2D eigenvalue weighted by molar-refractivity contribution is 0.0521. The molecule has 0 N–H and O–H groups in total. The lowest BCUT2D eigenvalue weighted by Gasteiger charge is -2.23. The molecule has 4 aromatic rings. The summed E-state index contributed by atoms with van der Waals surface area (Å²) in [6.07, 6.45) is 1.40. The predicted octanol–water partition coefficient (Wildman–Crippen LogP) is 4.54. The first kappa shape index (κ1) is 21.7. The van der Waals surface area contributed by atoms with Crippen molar-refractivity contribution < 1.29 is 19.1 Å². The fraction of sp³-hybridized carbons (Fsp3) is 0.0769. The number of carbonyl (C=O) groups is 3. The summed E-state index contributed by atoms with van der Waals surface area (Å²) >= 11 is 0. The van der Waals surface area contributed by atoms with Gasteiger partial charge in [0.15, 0.2) is 11.5 Å². The molecule has 1 heterocycles. The molecule has 0 atom stereocenters. The van der Waals surface area contributed by atoms with Crippen LogP contribution in [0, 0.1) is 0 Å². The van der Waals surface area contributed by atoms with Gasteiger partial charge in [-0.25, -0.2) is 14.7 Å². The van der Waals surface area contributed by atoms with E-state index in [0.717, 1.165) is 4.90 Å². The topological polar surface area (TPSA) is 81.5 Å². The average molecular weight is 439 g/mol. The van der Waals surface area contributed by atoms with Gasteiger partial charge in [0.05, 0.1) is 6.61 Å². The molecule has 2 amide bonds. The van der Waals surface area contributed by atoms with Crippen LogP contribution in [0.2, 0.25) is 0 Å². The van der Waals surface area contributed by atoms with Crippen LogP contribution in [-0.2, 0) is 4.74 Å². The lowest BCUT2D eigenvalue weighted by atomic mass is 10.1. The predicted molar refractivity (Wildman–Crippen MR) is 124 cm³/mol. The minimum absolute atomic E-state index is 0.0161. The highest BCUT2D eigenvalue weighted by atomic mass is 16.5. The van der Waals surface area contributed by atoms with Gasteiger partial charge in [-0.1, -0.05) is 54.6 Å². The SMILES string of the molecule is CCOC(=O)c1ncn(-c2ccccc2)c1N(C(=O)c1ccccc1)C(=O)c1ccccc1. The Kier molecular flexibility index (Phi) is 6.40. The van der Waals surface area contributed by atoms with Gasteiger partial charge in [0, 0.05) is 16.8 Å². The maximum atomic E-state index is 13.7. The first-order valence-corrected chi connectivity index (χ1v) is 10.4. The van der Waals surface area contributed by atoms with Crippen molar-refractivity contribution in [2.75, 3.05) is 11.5 Å². The number of hydrogen-bond acceptors (Lipinski definition) is 5. The summed E-state index contributed by atoms with van der Waals surface area (Å²) < 4.78 is 6.71. The van der Waals surface area contributed by atoms with Crippen LogP contribution in [-0.4, -0.2) is 33.9 Å². The molecule has 1 aromatic heterocycles. The van der Waals surface area contributed by atoms with Gasteiger partial charge in [0.25, 0.3) is 11.8 Å². The summed E-state index contributed by atoms with van der Waals surface area (Å²) in [6.45, 7) is 1.80. The smallest absolute Gasteiger partial charge is 0.360 e. The van der Waals surface area contributed by atoms with Gasteiger partial charge in [-0.2, -0.15) is 0 Å². The Bertz CT molecular complexity index is 1220. The normalized spacial score (nSPS) is 10.5. The summed E-state index contributed by atoms with van der Waals surface area (Å²) in [4.78, 5) is 45.4. The molecule has 0 saturated heterocycles. The molecule has 0 aliphatic heterocycles. The van der Waals surface area contributed by atoms with E-state index in [-0.39, 0.29) is 29.2 Å². The number of hydrogen-bond donors (Lipinski definition) is 0. The number of anilines is 1. The number of imidazole rings is 1. The van der Waals surface area contributed by atoms with E-state index in [1.165, 1.54) is 10.9 Å². The molecule has 0 aliphatic carbocycles. The second-order valence-electron chi connectivity index (χ2n) is 7.02. The molecule has 0 saturated carbocycles. The number of ether oxygens (including phenoxy) is 1. The Balaban J connectivity index is 1.96. The van der Waals surface area contributed by atoms with Crippen LogP contribution in [0.25, 0.3) is 5.69 Å². The van der Waals surface area contributed by atoms with Crippen LogP contribution in [0.4, 0.5) is 5.82 Å². The monoisotopic (exact) mass is 439 g/mol. The Morgan fingerprint density at radius 1 is 0.788 bits per heavy atom. The molecule has 7 heteroatoms. The number of amides is 2. The van der Waals surface area contributed by atoms with Crippen molar-refractivity contribution in [1.82, 2.24) is 9.55 Å². The minimum atomic E-state index is -0.728. The van der Waals surface area contributed by atoms with Crippen LogP contribution in [0.3, 0.4) is 0 Å². The number of imide groups is 1. The van der Waals surface area contributed by atoms with Crippen molar-refractivity contribution in [2.24, 2.45) is 0 Å². The van der Waals surface area contributed by atoms with Gasteiger partial charge < -0.3 is 4.74 Å². The number of rotatable bonds is 6. The van der Waals surface area contributed by atoms with E-state index in [4.69, 9.17) is 4.74 Å². The molecule has 4 rings (SSSR count). The maximum absolute atomic E-state index is 13.7. The zero-order chi connectivity index (χ0) is 23.2. The molecule has 164 valence electrons. The van der Waals surface area contributed by atoms with E-state index in [9.17, 15) is 14.4 Å². The van der Waals surface area contributed by atoms with E-state index in [1.54, 1.807) is 79.7 Å². The second kappa shape index (κ2) is 9.74. The van der Waals surface area contributed by atoms with Crippen LogP contribution >= 0.6 is 0 Å². The molecule has 0 bridgehead atoms. The standard InChI is InChI=1S/C26H21N3O4/c1-2-33-26(32)22-23(28(18-27-22)21-16-10-5-11-17-21)29(24(30)19-12-6-3-7-13-19)25(31)20-14-8-4-9-15-20/h3-18H,2H2,1H3. The van der Waals surface area contributed by atoms with E-state index >= 15 is 0 Å². The first-order valence-electron chi connectivity index (χ1n) is 10.4. The minimum Gasteiger partial charge on any atom is -0.461 e. The number of carbonyl (C=O) groups excluding carboxylic acids is 3. The fourth-order valence-corrected chi connectivity index (χ4v) is 3.38. The number of nitrogens with zero attached hydrogens (tertiary/aromatic N) is 3. The molecule has 0 aliphatic rings. The quantitative estimate of drug-likeness (QED) is 0.326. The summed E-state index contributed by atoms with van der Waals surface area (Å²) in [5.41, 5.74) is 1.08. The molecule has 7 nitrogen and oxygen atoms in total. The van der Waals surface area contributed by atoms with Crippen LogP contribution in [0.1, 0.15) is 38.1 Å². The largest absolute Gasteiger partial charge is 0.461 e. The number of esters is 1. The number of para-hydroxylation sites is 1. The number of aromatic nitrogens is 2. The molecule has 0 radical (unpaired) electrons. The molecule has 3 aromatic carbocycles. The van der Waals surface area contributed by atoms with Gasteiger partial charge in [0.2, 0.25) is 0 Å². The van der Waals surface area contributed by atoms with Crippen molar-refractivity contribution in [2.45, 2.75) is 6.92 Å². The highest BCUT2D eigenvalue weighted by Gasteiger charge is 2.34. The summed E-state index contributed by atoms with van der Waals surface area (Å²) in [5, 5.41) is 0.